The molecule has 2 aliphatic carbocycles. The maximum absolute atomic E-state index is 13.7. The van der Waals surface area contributed by atoms with Gasteiger partial charge in [-0.25, -0.2) is 0 Å². The number of allylic oxidation sites excluding steroid dienone is 2. The second-order valence-corrected chi connectivity index (χ2v) is 9.21. The van der Waals surface area contributed by atoms with E-state index in [1.54, 1.807) is 7.05 Å². The predicted molar refractivity (Wildman–Crippen MR) is 135 cm³/mol. The van der Waals surface area contributed by atoms with Crippen molar-refractivity contribution < 1.29 is 9.59 Å². The lowest BCUT2D eigenvalue weighted by atomic mass is 9.68. The summed E-state index contributed by atoms with van der Waals surface area (Å²) in [5, 5.41) is 2.37. The Labute approximate surface area is 197 Å². The van der Waals surface area contributed by atoms with Gasteiger partial charge >= 0.3 is 0 Å². The fraction of sp³-hybridized carbons (Fsp3) is 0.0968. The van der Waals surface area contributed by atoms with E-state index in [4.69, 9.17) is 0 Å². The van der Waals surface area contributed by atoms with Gasteiger partial charge in [-0.1, -0.05) is 97.1 Å². The second-order valence-electron chi connectivity index (χ2n) is 9.21. The molecule has 2 amide bonds. The van der Waals surface area contributed by atoms with Gasteiger partial charge in [0.1, 0.15) is 0 Å². The molecule has 1 aliphatic heterocycles. The Kier molecular flexibility index (Phi) is 3.89. The maximum atomic E-state index is 13.7. The lowest BCUT2D eigenvalue weighted by Gasteiger charge is -2.31. The van der Waals surface area contributed by atoms with E-state index in [1.807, 2.05) is 36.4 Å². The van der Waals surface area contributed by atoms with Gasteiger partial charge in [-0.15, -0.1) is 0 Å². The van der Waals surface area contributed by atoms with Gasteiger partial charge in [0.25, 0.3) is 0 Å². The average molecular weight is 440 g/mol. The van der Waals surface area contributed by atoms with E-state index >= 15 is 0 Å². The number of rotatable bonds is 2. The molecular weight excluding hydrogens is 418 g/mol. The first-order valence-corrected chi connectivity index (χ1v) is 11.6. The summed E-state index contributed by atoms with van der Waals surface area (Å²) < 4.78 is 0. The highest BCUT2D eigenvalue weighted by Gasteiger charge is 2.54. The third-order valence-electron chi connectivity index (χ3n) is 7.55. The van der Waals surface area contributed by atoms with Gasteiger partial charge in [-0.05, 0) is 55.3 Å². The molecule has 1 fully saturated rings. The number of benzene rings is 4. The molecule has 4 aromatic carbocycles. The molecule has 3 heteroatoms. The summed E-state index contributed by atoms with van der Waals surface area (Å²) in [6.45, 7) is 0. The number of carbonyl (C=O) groups is 2. The third kappa shape index (κ3) is 2.36. The molecule has 0 radical (unpaired) electrons. The Morgan fingerprint density at radius 3 is 1.44 bits per heavy atom. The number of amides is 2. The molecule has 2 atom stereocenters. The lowest BCUT2D eigenvalue weighted by Crippen LogP contribution is -2.26. The van der Waals surface area contributed by atoms with Crippen LogP contribution in [-0.4, -0.2) is 23.8 Å². The number of likely N-dealkylation sites (tertiary alicyclic amines) is 1. The summed E-state index contributed by atoms with van der Waals surface area (Å²) in [7, 11) is 1.62. The Morgan fingerprint density at radius 2 is 1.00 bits per heavy atom. The summed E-state index contributed by atoms with van der Waals surface area (Å²) in [5.74, 6) is -1.34. The van der Waals surface area contributed by atoms with Gasteiger partial charge in [-0.2, -0.15) is 0 Å². The molecule has 0 bridgehead atoms. The molecule has 0 aromatic heterocycles. The van der Waals surface area contributed by atoms with E-state index in [1.165, 1.54) is 15.7 Å². The minimum Gasteiger partial charge on any atom is -0.285 e. The Bertz CT molecular complexity index is 1480. The minimum absolute atomic E-state index is 0.128. The maximum Gasteiger partial charge on any atom is 0.237 e. The van der Waals surface area contributed by atoms with Crippen LogP contribution in [0.1, 0.15) is 22.3 Å². The minimum atomic E-state index is -0.543. The van der Waals surface area contributed by atoms with Gasteiger partial charge in [0.05, 0.1) is 11.8 Å². The van der Waals surface area contributed by atoms with Crippen LogP contribution in [0.2, 0.25) is 0 Å². The lowest BCUT2D eigenvalue weighted by molar-refractivity contribution is -0.137. The van der Waals surface area contributed by atoms with Crippen LogP contribution >= 0.6 is 0 Å². The molecule has 34 heavy (non-hydrogen) atoms. The number of imide groups is 1. The SMILES string of the molecule is CN1C(=O)C2C(c3ccccc3)=C3C(=C(c4ccccc4)C2C1=O)c1cccc2cccc3c12. The van der Waals surface area contributed by atoms with Crippen LogP contribution in [0.5, 0.6) is 0 Å². The predicted octanol–water partition coefficient (Wildman–Crippen LogP) is 5.92. The topological polar surface area (TPSA) is 37.4 Å². The second kappa shape index (κ2) is 6.88. The quantitative estimate of drug-likeness (QED) is 0.364. The zero-order valence-electron chi connectivity index (χ0n) is 18.7. The number of fused-ring (bicyclic) bond motifs is 4. The van der Waals surface area contributed by atoms with Crippen molar-refractivity contribution >= 4 is 44.9 Å². The number of carbonyl (C=O) groups excluding carboxylic acids is 2. The molecule has 1 saturated heterocycles. The van der Waals surface area contributed by atoms with Crippen LogP contribution in [0, 0.1) is 11.8 Å². The van der Waals surface area contributed by atoms with Gasteiger partial charge in [0.15, 0.2) is 0 Å². The van der Waals surface area contributed by atoms with Crippen LogP contribution in [0.3, 0.4) is 0 Å². The number of hydrogen-bond donors (Lipinski definition) is 0. The van der Waals surface area contributed by atoms with Crippen LogP contribution in [0.25, 0.3) is 33.1 Å². The molecule has 3 nitrogen and oxygen atoms in total. The standard InChI is InChI=1S/C31H21NO2/c1-32-30(33)28-24(19-10-4-2-5-11-19)26-21-16-8-14-18-15-9-17-22(23(18)21)27(26)25(29(28)31(32)34)20-12-6-3-7-13-20/h2-17,28-29H,1H3. The van der Waals surface area contributed by atoms with Gasteiger partial charge in [-0.3, -0.25) is 14.5 Å². The molecule has 0 N–H and O–H groups in total. The van der Waals surface area contributed by atoms with Crippen LogP contribution in [0.4, 0.5) is 0 Å². The van der Waals surface area contributed by atoms with Crippen molar-refractivity contribution in [3.05, 3.63) is 119 Å². The molecule has 0 spiro atoms. The number of hydrogen-bond acceptors (Lipinski definition) is 2. The van der Waals surface area contributed by atoms with E-state index in [9.17, 15) is 9.59 Å². The third-order valence-corrected chi connectivity index (χ3v) is 7.55. The van der Waals surface area contributed by atoms with Crippen LogP contribution < -0.4 is 0 Å². The highest BCUT2D eigenvalue weighted by Crippen LogP contribution is 2.60. The zero-order chi connectivity index (χ0) is 23.0. The normalized spacial score (nSPS) is 20.9. The molecular formula is C31H21NO2. The molecule has 3 aliphatic rings. The van der Waals surface area contributed by atoms with Crippen molar-refractivity contribution in [2.75, 3.05) is 7.05 Å². The van der Waals surface area contributed by atoms with Gasteiger partial charge in [0, 0.05) is 7.05 Å². The number of nitrogens with zero attached hydrogens (tertiary/aromatic N) is 1. The summed E-state index contributed by atoms with van der Waals surface area (Å²) in [4.78, 5) is 28.7. The molecule has 4 aromatic rings. The Hall–Kier alpha value is -4.24. The highest BCUT2D eigenvalue weighted by atomic mass is 16.2. The average Bonchev–Trinajstić information content (AvgIpc) is 3.33. The highest BCUT2D eigenvalue weighted by molar-refractivity contribution is 6.37. The molecule has 2 unspecified atom stereocenters. The van der Waals surface area contributed by atoms with Gasteiger partial charge in [0.2, 0.25) is 11.8 Å². The smallest absolute Gasteiger partial charge is 0.237 e. The first kappa shape index (κ1) is 19.2. The van der Waals surface area contributed by atoms with E-state index in [2.05, 4.69) is 60.7 Å². The molecule has 162 valence electrons. The van der Waals surface area contributed by atoms with E-state index in [0.29, 0.717) is 0 Å². The first-order chi connectivity index (χ1) is 16.7. The van der Waals surface area contributed by atoms with E-state index in [-0.39, 0.29) is 11.8 Å². The van der Waals surface area contributed by atoms with Crippen molar-refractivity contribution in [3.63, 3.8) is 0 Å². The summed E-state index contributed by atoms with van der Waals surface area (Å²) in [6.07, 6.45) is 0. The fourth-order valence-corrected chi connectivity index (χ4v) is 6.17. The van der Waals surface area contributed by atoms with Crippen molar-refractivity contribution in [1.82, 2.24) is 4.90 Å². The largest absolute Gasteiger partial charge is 0.285 e. The van der Waals surface area contributed by atoms with E-state index in [0.717, 1.165) is 44.5 Å². The molecule has 0 saturated carbocycles. The molecule has 7 rings (SSSR count). The summed E-state index contributed by atoms with van der Waals surface area (Å²) in [6, 6.07) is 33.0. The Balaban J connectivity index is 1.71. The fourth-order valence-electron chi connectivity index (χ4n) is 6.17. The first-order valence-electron chi connectivity index (χ1n) is 11.6. The van der Waals surface area contributed by atoms with Crippen molar-refractivity contribution in [1.29, 1.82) is 0 Å². The van der Waals surface area contributed by atoms with Gasteiger partial charge < -0.3 is 0 Å². The Morgan fingerprint density at radius 1 is 0.559 bits per heavy atom. The van der Waals surface area contributed by atoms with Crippen molar-refractivity contribution in [3.8, 4) is 0 Å². The molecule has 1 heterocycles. The van der Waals surface area contributed by atoms with Crippen LogP contribution in [0.15, 0.2) is 97.1 Å². The van der Waals surface area contributed by atoms with Crippen molar-refractivity contribution in [2.45, 2.75) is 0 Å². The van der Waals surface area contributed by atoms with E-state index < -0.39 is 11.8 Å². The van der Waals surface area contributed by atoms with Crippen molar-refractivity contribution in [2.24, 2.45) is 11.8 Å². The summed E-state index contributed by atoms with van der Waals surface area (Å²) >= 11 is 0. The monoisotopic (exact) mass is 439 g/mol. The summed E-state index contributed by atoms with van der Waals surface area (Å²) in [5.41, 5.74) is 8.39. The zero-order valence-corrected chi connectivity index (χ0v) is 18.7. The van der Waals surface area contributed by atoms with Crippen LogP contribution in [-0.2, 0) is 9.59 Å².